The van der Waals surface area contributed by atoms with E-state index in [4.69, 9.17) is 11.6 Å². The minimum absolute atomic E-state index is 0.0619. The van der Waals surface area contributed by atoms with Crippen LogP contribution in [-0.2, 0) is 10.0 Å². The van der Waals surface area contributed by atoms with Crippen LogP contribution < -0.4 is 0 Å². The molecule has 0 radical (unpaired) electrons. The predicted octanol–water partition coefficient (Wildman–Crippen LogP) is 5.37. The molecule has 4 aromatic rings. The Kier molecular flexibility index (Phi) is 5.09. The SMILES string of the molecule is O=C(O)c1ccc2cc(-c3ccccc3)n(S(=O)(=O)c3cc(Br)cc(Cl)c3O)c2c1. The standard InChI is InChI=1S/C21H13BrClNO5S/c22-15-10-16(23)20(25)19(11-15)30(28,29)24-17(12-4-2-1-3-5-12)8-13-6-7-14(21(26)27)9-18(13)24/h1-11,25H,(H,26,27). The Labute approximate surface area is 185 Å². The first-order valence-electron chi connectivity index (χ1n) is 8.58. The highest BCUT2D eigenvalue weighted by Crippen LogP contribution is 2.39. The number of phenolic OH excluding ortho intramolecular Hbond substituents is 1. The van der Waals surface area contributed by atoms with Crippen LogP contribution >= 0.6 is 27.5 Å². The molecule has 0 spiro atoms. The Morgan fingerprint density at radius 1 is 1.00 bits per heavy atom. The molecule has 0 amide bonds. The molecule has 3 aromatic carbocycles. The molecule has 4 rings (SSSR count). The summed E-state index contributed by atoms with van der Waals surface area (Å²) in [5, 5.41) is 20.2. The van der Waals surface area contributed by atoms with Crippen LogP contribution in [0.2, 0.25) is 5.02 Å². The van der Waals surface area contributed by atoms with Gasteiger partial charge in [-0.2, -0.15) is 0 Å². The Morgan fingerprint density at radius 3 is 2.37 bits per heavy atom. The summed E-state index contributed by atoms with van der Waals surface area (Å²) in [6.45, 7) is 0. The maximum absolute atomic E-state index is 13.7. The lowest BCUT2D eigenvalue weighted by Gasteiger charge is -2.14. The maximum atomic E-state index is 13.7. The van der Waals surface area contributed by atoms with E-state index in [0.717, 1.165) is 3.97 Å². The van der Waals surface area contributed by atoms with Crippen molar-refractivity contribution in [3.05, 3.63) is 81.8 Å². The number of fused-ring (bicyclic) bond motifs is 1. The Morgan fingerprint density at radius 2 is 1.70 bits per heavy atom. The van der Waals surface area contributed by atoms with Crippen molar-refractivity contribution >= 4 is 54.4 Å². The predicted molar refractivity (Wildman–Crippen MR) is 118 cm³/mol. The van der Waals surface area contributed by atoms with E-state index < -0.39 is 26.6 Å². The Balaban J connectivity index is 2.13. The number of carbonyl (C=O) groups is 1. The largest absolute Gasteiger partial charge is 0.505 e. The van der Waals surface area contributed by atoms with Gasteiger partial charge in [0.1, 0.15) is 4.90 Å². The van der Waals surface area contributed by atoms with E-state index in [2.05, 4.69) is 15.9 Å². The van der Waals surface area contributed by atoms with Gasteiger partial charge in [-0.15, -0.1) is 0 Å². The summed E-state index contributed by atoms with van der Waals surface area (Å²) in [5.41, 5.74) is 1.04. The molecule has 6 nitrogen and oxygen atoms in total. The van der Waals surface area contributed by atoms with E-state index in [0.29, 0.717) is 21.1 Å². The number of aromatic nitrogens is 1. The summed E-state index contributed by atoms with van der Waals surface area (Å²) in [7, 11) is -4.36. The maximum Gasteiger partial charge on any atom is 0.335 e. The van der Waals surface area contributed by atoms with Gasteiger partial charge in [0, 0.05) is 9.86 Å². The van der Waals surface area contributed by atoms with Crippen molar-refractivity contribution < 1.29 is 23.4 Å². The molecule has 0 aliphatic heterocycles. The molecular weight excluding hydrogens is 494 g/mol. The number of benzene rings is 3. The van der Waals surface area contributed by atoms with Crippen LogP contribution in [0.25, 0.3) is 22.2 Å². The summed E-state index contributed by atoms with van der Waals surface area (Å²) in [6.07, 6.45) is 0. The highest BCUT2D eigenvalue weighted by Gasteiger charge is 2.28. The highest BCUT2D eigenvalue weighted by atomic mass is 79.9. The minimum atomic E-state index is -4.36. The summed E-state index contributed by atoms with van der Waals surface area (Å²) >= 11 is 9.20. The van der Waals surface area contributed by atoms with Gasteiger partial charge in [-0.3, -0.25) is 0 Å². The molecule has 0 aliphatic rings. The van der Waals surface area contributed by atoms with Crippen molar-refractivity contribution in [2.45, 2.75) is 4.90 Å². The van der Waals surface area contributed by atoms with E-state index in [1.807, 2.05) is 0 Å². The molecule has 152 valence electrons. The minimum Gasteiger partial charge on any atom is -0.505 e. The van der Waals surface area contributed by atoms with Gasteiger partial charge >= 0.3 is 5.97 Å². The first-order valence-corrected chi connectivity index (χ1v) is 11.2. The monoisotopic (exact) mass is 505 g/mol. The van der Waals surface area contributed by atoms with Gasteiger partial charge in [0.05, 0.1) is 21.8 Å². The molecule has 0 aliphatic carbocycles. The lowest BCUT2D eigenvalue weighted by molar-refractivity contribution is 0.0697. The number of halogens is 2. The van der Waals surface area contributed by atoms with Gasteiger partial charge in [0.2, 0.25) is 0 Å². The molecule has 30 heavy (non-hydrogen) atoms. The highest BCUT2D eigenvalue weighted by molar-refractivity contribution is 9.10. The van der Waals surface area contributed by atoms with Gasteiger partial charge < -0.3 is 10.2 Å². The zero-order valence-corrected chi connectivity index (χ0v) is 18.2. The van der Waals surface area contributed by atoms with Crippen LogP contribution in [0.15, 0.2) is 76.1 Å². The van der Waals surface area contributed by atoms with E-state index in [-0.39, 0.29) is 16.1 Å². The van der Waals surface area contributed by atoms with Crippen LogP contribution in [0.5, 0.6) is 5.75 Å². The zero-order valence-electron chi connectivity index (χ0n) is 15.1. The number of aromatic hydroxyl groups is 1. The molecule has 9 heteroatoms. The lowest BCUT2D eigenvalue weighted by atomic mass is 10.1. The van der Waals surface area contributed by atoms with Crippen molar-refractivity contribution in [2.24, 2.45) is 0 Å². The normalized spacial score (nSPS) is 11.7. The topological polar surface area (TPSA) is 96.6 Å². The molecular formula is C21H13BrClNO5S. The molecule has 0 saturated carbocycles. The van der Waals surface area contributed by atoms with Gasteiger partial charge in [0.25, 0.3) is 10.0 Å². The second kappa shape index (κ2) is 7.46. The molecule has 0 unspecified atom stereocenters. The van der Waals surface area contributed by atoms with E-state index >= 15 is 0 Å². The molecule has 1 heterocycles. The average Bonchev–Trinajstić information content (AvgIpc) is 3.10. The van der Waals surface area contributed by atoms with Crippen LogP contribution in [0.3, 0.4) is 0 Å². The quantitative estimate of drug-likeness (QED) is 0.388. The number of carboxylic acids is 1. The third kappa shape index (κ3) is 3.36. The van der Waals surface area contributed by atoms with Gasteiger partial charge in [-0.1, -0.05) is 63.9 Å². The number of phenols is 1. The number of nitrogens with zero attached hydrogens (tertiary/aromatic N) is 1. The third-order valence-corrected chi connectivity index (χ3v) is 7.08. The summed E-state index contributed by atoms with van der Waals surface area (Å²) in [4.78, 5) is 11.1. The van der Waals surface area contributed by atoms with Gasteiger partial charge in [-0.25, -0.2) is 17.2 Å². The Hall–Kier alpha value is -2.81. The van der Waals surface area contributed by atoms with E-state index in [1.54, 1.807) is 42.5 Å². The second-order valence-corrected chi connectivity index (χ2v) is 9.56. The van der Waals surface area contributed by atoms with E-state index in [1.165, 1.54) is 24.3 Å². The molecule has 2 N–H and O–H groups in total. The average molecular weight is 507 g/mol. The third-order valence-electron chi connectivity index (χ3n) is 4.59. The fourth-order valence-electron chi connectivity index (χ4n) is 3.22. The van der Waals surface area contributed by atoms with Crippen molar-refractivity contribution in [2.75, 3.05) is 0 Å². The fourth-order valence-corrected chi connectivity index (χ4v) is 5.89. The van der Waals surface area contributed by atoms with Crippen molar-refractivity contribution in [3.63, 3.8) is 0 Å². The smallest absolute Gasteiger partial charge is 0.335 e. The van der Waals surface area contributed by atoms with Crippen LogP contribution in [0.4, 0.5) is 0 Å². The summed E-state index contributed by atoms with van der Waals surface area (Å²) < 4.78 is 28.8. The molecule has 0 saturated heterocycles. The summed E-state index contributed by atoms with van der Waals surface area (Å²) in [6, 6.07) is 17.3. The second-order valence-electron chi connectivity index (χ2n) is 6.48. The zero-order chi connectivity index (χ0) is 21.6. The molecule has 0 bridgehead atoms. The van der Waals surface area contributed by atoms with Gasteiger partial charge in [0.15, 0.2) is 5.75 Å². The number of aromatic carboxylic acids is 1. The fraction of sp³-hybridized carbons (Fsp3) is 0. The van der Waals surface area contributed by atoms with Crippen LogP contribution in [0.1, 0.15) is 10.4 Å². The molecule has 0 atom stereocenters. The van der Waals surface area contributed by atoms with Crippen molar-refractivity contribution in [1.29, 1.82) is 0 Å². The van der Waals surface area contributed by atoms with Crippen LogP contribution in [0, 0.1) is 0 Å². The summed E-state index contributed by atoms with van der Waals surface area (Å²) in [5.74, 6) is -1.77. The van der Waals surface area contributed by atoms with Gasteiger partial charge in [-0.05, 0) is 35.9 Å². The number of rotatable bonds is 4. The number of carboxylic acid groups (broad SMARTS) is 1. The van der Waals surface area contributed by atoms with Crippen LogP contribution in [-0.4, -0.2) is 28.6 Å². The molecule has 1 aromatic heterocycles. The van der Waals surface area contributed by atoms with E-state index in [9.17, 15) is 23.4 Å². The van der Waals surface area contributed by atoms with Crippen molar-refractivity contribution in [3.8, 4) is 17.0 Å². The number of hydrogen-bond donors (Lipinski definition) is 2. The lowest BCUT2D eigenvalue weighted by Crippen LogP contribution is -2.15. The first-order chi connectivity index (χ1) is 14.2. The number of hydrogen-bond acceptors (Lipinski definition) is 4. The molecule has 0 fully saturated rings. The first kappa shape index (κ1) is 20.5. The Bertz CT molecular complexity index is 1410. The van der Waals surface area contributed by atoms with Crippen molar-refractivity contribution in [1.82, 2.24) is 3.97 Å².